The lowest BCUT2D eigenvalue weighted by atomic mass is 9.46. The lowest BCUT2D eigenvalue weighted by Crippen LogP contribution is -2.74. The summed E-state index contributed by atoms with van der Waals surface area (Å²) in [5, 5.41) is 13.1. The van der Waals surface area contributed by atoms with E-state index >= 15 is 0 Å². The third-order valence-electron chi connectivity index (χ3n) is 11.4. The number of Topliss-reactive ketones (excluding diaryl/α,β-unsaturated/α-hetero) is 1. The Kier molecular flexibility index (Phi) is 8.39. The number of carbonyl (C=O) groups excluding carboxylic acids is 6. The Labute approximate surface area is 273 Å². The van der Waals surface area contributed by atoms with Crippen LogP contribution in [0.5, 0.6) is 0 Å². The fourth-order valence-corrected chi connectivity index (χ4v) is 9.84. The molecule has 4 saturated carbocycles. The van der Waals surface area contributed by atoms with Crippen molar-refractivity contribution in [3.8, 4) is 0 Å². The first-order valence-corrected chi connectivity index (χ1v) is 15.9. The number of benzene rings is 1. The molecule has 4 fully saturated rings. The lowest BCUT2D eigenvalue weighted by molar-refractivity contribution is -0.295. The molecular weight excluding hydrogens is 612 g/mol. The molecule has 0 bridgehead atoms. The van der Waals surface area contributed by atoms with E-state index < -0.39 is 93.4 Å². The van der Waals surface area contributed by atoms with Crippen LogP contribution in [0.15, 0.2) is 30.3 Å². The minimum atomic E-state index is -2.13. The van der Waals surface area contributed by atoms with Crippen molar-refractivity contribution < 1.29 is 57.6 Å². The van der Waals surface area contributed by atoms with Crippen LogP contribution < -0.4 is 0 Å². The van der Waals surface area contributed by atoms with Crippen molar-refractivity contribution in [3.63, 3.8) is 0 Å². The van der Waals surface area contributed by atoms with E-state index in [0.29, 0.717) is 6.42 Å². The van der Waals surface area contributed by atoms with Gasteiger partial charge in [0.15, 0.2) is 6.10 Å². The topological polar surface area (TPSA) is 169 Å². The maximum absolute atomic E-state index is 13.9. The van der Waals surface area contributed by atoms with Gasteiger partial charge >= 0.3 is 29.8 Å². The lowest BCUT2D eigenvalue weighted by Gasteiger charge is -2.62. The molecule has 0 amide bonds. The number of aliphatic hydroxyl groups is 1. The van der Waals surface area contributed by atoms with Crippen molar-refractivity contribution in [3.05, 3.63) is 35.9 Å². The van der Waals surface area contributed by atoms with Crippen LogP contribution in [0.25, 0.3) is 0 Å². The van der Waals surface area contributed by atoms with Gasteiger partial charge in [-0.25, -0.2) is 4.79 Å². The van der Waals surface area contributed by atoms with E-state index in [0.717, 1.165) is 0 Å². The first kappa shape index (κ1) is 34.5. The maximum atomic E-state index is 13.9. The quantitative estimate of drug-likeness (QED) is 0.336. The molecule has 10 atom stereocenters. The van der Waals surface area contributed by atoms with Gasteiger partial charge in [-0.3, -0.25) is 24.0 Å². The van der Waals surface area contributed by atoms with E-state index in [2.05, 4.69) is 0 Å². The molecule has 1 aromatic carbocycles. The average molecular weight is 657 g/mol. The fraction of sp³-hybridized carbons (Fsp3) is 0.657. The number of ether oxygens (including phenoxy) is 5. The Morgan fingerprint density at radius 1 is 0.809 bits per heavy atom. The molecule has 0 aromatic heterocycles. The summed E-state index contributed by atoms with van der Waals surface area (Å²) >= 11 is 0. The third kappa shape index (κ3) is 5.23. The fourth-order valence-electron chi connectivity index (χ4n) is 9.84. The molecule has 0 aliphatic heterocycles. The number of esters is 5. The van der Waals surface area contributed by atoms with Gasteiger partial charge < -0.3 is 28.8 Å². The first-order valence-electron chi connectivity index (χ1n) is 15.9. The molecule has 1 N–H and O–H groups in total. The van der Waals surface area contributed by atoms with E-state index in [1.165, 1.54) is 46.8 Å². The van der Waals surface area contributed by atoms with Gasteiger partial charge in [0.2, 0.25) is 0 Å². The van der Waals surface area contributed by atoms with Crippen LogP contribution >= 0.6 is 0 Å². The van der Waals surface area contributed by atoms with Crippen LogP contribution in [0.2, 0.25) is 0 Å². The second-order valence-electron chi connectivity index (χ2n) is 14.9. The van der Waals surface area contributed by atoms with Crippen LogP contribution in [0.1, 0.15) is 85.0 Å². The molecule has 12 nitrogen and oxygen atoms in total. The summed E-state index contributed by atoms with van der Waals surface area (Å²) in [5.41, 5.74) is -7.15. The molecule has 4 aliphatic carbocycles. The van der Waals surface area contributed by atoms with Gasteiger partial charge in [-0.1, -0.05) is 39.0 Å². The van der Waals surface area contributed by atoms with Crippen molar-refractivity contribution in [2.45, 2.75) is 104 Å². The number of rotatable bonds is 7. The van der Waals surface area contributed by atoms with E-state index in [1.807, 2.05) is 13.8 Å². The van der Waals surface area contributed by atoms with Crippen molar-refractivity contribution in [2.24, 2.45) is 34.0 Å². The van der Waals surface area contributed by atoms with Crippen molar-refractivity contribution in [2.75, 3.05) is 6.61 Å². The molecule has 0 spiro atoms. The van der Waals surface area contributed by atoms with Gasteiger partial charge in [0.25, 0.3) is 0 Å². The molecule has 1 aromatic rings. The van der Waals surface area contributed by atoms with Gasteiger partial charge in [-0.05, 0) is 37.8 Å². The average Bonchev–Trinajstić information content (AvgIpc) is 3.43. The molecule has 0 saturated heterocycles. The Bertz CT molecular complexity index is 1500. The number of carbonyl (C=O) groups is 6. The zero-order valence-corrected chi connectivity index (χ0v) is 28.1. The smallest absolute Gasteiger partial charge is 0.338 e. The zero-order valence-electron chi connectivity index (χ0n) is 28.1. The predicted molar refractivity (Wildman–Crippen MR) is 162 cm³/mol. The number of fused-ring (bicyclic) bond motifs is 4. The summed E-state index contributed by atoms with van der Waals surface area (Å²) in [6, 6.07) is 8.06. The molecule has 10 unspecified atom stereocenters. The van der Waals surface area contributed by atoms with E-state index in [9.17, 15) is 33.9 Å². The highest BCUT2D eigenvalue weighted by Crippen LogP contribution is 2.76. The molecule has 4 aliphatic rings. The largest absolute Gasteiger partial charge is 0.465 e. The number of hydrogen-bond donors (Lipinski definition) is 1. The number of hydrogen-bond acceptors (Lipinski definition) is 12. The molecule has 256 valence electrons. The second-order valence-corrected chi connectivity index (χ2v) is 14.9. The summed E-state index contributed by atoms with van der Waals surface area (Å²) in [7, 11) is 0. The summed E-state index contributed by atoms with van der Waals surface area (Å²) in [6.45, 7) is 11.4. The Morgan fingerprint density at radius 3 is 1.98 bits per heavy atom. The van der Waals surface area contributed by atoms with E-state index in [4.69, 9.17) is 23.7 Å². The van der Waals surface area contributed by atoms with Gasteiger partial charge in [-0.2, -0.15) is 0 Å². The van der Waals surface area contributed by atoms with Gasteiger partial charge in [0.05, 0.1) is 16.9 Å². The molecule has 0 heterocycles. The molecule has 12 heteroatoms. The van der Waals surface area contributed by atoms with Gasteiger partial charge in [0.1, 0.15) is 35.8 Å². The van der Waals surface area contributed by atoms with E-state index in [-0.39, 0.29) is 30.8 Å². The predicted octanol–water partition coefficient (Wildman–Crippen LogP) is 3.35. The monoisotopic (exact) mass is 656 g/mol. The third-order valence-corrected chi connectivity index (χ3v) is 11.4. The Balaban J connectivity index is 1.80. The summed E-state index contributed by atoms with van der Waals surface area (Å²) in [6.07, 6.45) is -4.15. The minimum Gasteiger partial charge on any atom is -0.465 e. The highest BCUT2D eigenvalue weighted by atomic mass is 16.6. The minimum absolute atomic E-state index is 0.0440. The second kappa shape index (κ2) is 11.4. The van der Waals surface area contributed by atoms with Gasteiger partial charge in [-0.15, -0.1) is 0 Å². The van der Waals surface area contributed by atoms with Crippen LogP contribution in [0, 0.1) is 34.0 Å². The van der Waals surface area contributed by atoms with E-state index in [1.54, 1.807) is 25.1 Å². The SMILES string of the molecule is CC(=O)OCC12CC3C(=O)C(C)(C)CC3C1(C)C(OC(C)=O)C1(O)CC(C)(OC(C)=O)C(OC(=O)c3ccccc3)C1C2OC(C)=O. The highest BCUT2D eigenvalue weighted by molar-refractivity contribution is 5.90. The van der Waals surface area contributed by atoms with Crippen molar-refractivity contribution >= 4 is 35.6 Å². The normalized spacial score (nSPS) is 39.6. The summed E-state index contributed by atoms with van der Waals surface area (Å²) in [4.78, 5) is 78.5. The first-order chi connectivity index (χ1) is 21.7. The van der Waals surface area contributed by atoms with Crippen LogP contribution in [-0.2, 0) is 47.7 Å². The summed E-state index contributed by atoms with van der Waals surface area (Å²) < 4.78 is 29.9. The maximum Gasteiger partial charge on any atom is 0.338 e. The number of ketones is 1. The molecular formula is C35H44O12. The van der Waals surface area contributed by atoms with Gasteiger partial charge in [0, 0.05) is 50.9 Å². The Morgan fingerprint density at radius 2 is 1.43 bits per heavy atom. The molecule has 47 heavy (non-hydrogen) atoms. The standard InChI is InChI=1S/C35H44O12/c1-18(36)43-17-34-14-23-24(15-31(5,6)26(23)40)33(34,8)30(45-20(3)38)35(42)16-32(7,47-21(4)39)27(25(35)28(34)44-19(2)37)46-29(41)22-12-10-9-11-13-22/h9-13,23-25,27-28,30,42H,14-17H2,1-8H3. The molecule has 0 radical (unpaired) electrons. The van der Waals surface area contributed by atoms with Crippen LogP contribution in [-0.4, -0.2) is 76.9 Å². The van der Waals surface area contributed by atoms with Crippen molar-refractivity contribution in [1.82, 2.24) is 0 Å². The van der Waals surface area contributed by atoms with Crippen molar-refractivity contribution in [1.29, 1.82) is 0 Å². The van der Waals surface area contributed by atoms with Crippen LogP contribution in [0.4, 0.5) is 0 Å². The molecule has 5 rings (SSSR count). The zero-order chi connectivity index (χ0) is 34.9. The summed E-state index contributed by atoms with van der Waals surface area (Å²) in [5.74, 6) is -6.17. The highest BCUT2D eigenvalue weighted by Gasteiger charge is 2.85. The van der Waals surface area contributed by atoms with Crippen LogP contribution in [0.3, 0.4) is 0 Å². The Hall–Kier alpha value is -3.80.